The Balaban J connectivity index is 1.51. The van der Waals surface area contributed by atoms with Gasteiger partial charge in [-0.25, -0.2) is 9.78 Å². The van der Waals surface area contributed by atoms with E-state index >= 15 is 0 Å². The van der Waals surface area contributed by atoms with Crippen molar-refractivity contribution in [3.8, 4) is 11.5 Å². The highest BCUT2D eigenvalue weighted by molar-refractivity contribution is 7.18. The van der Waals surface area contributed by atoms with Crippen LogP contribution in [0.15, 0.2) is 23.0 Å². The SMILES string of the molecule is CCOc1ccc(C(=O)OCc2nc3sc4c(c3c(=O)[nH]2)CCC4)cc1OC. The molecule has 2 heterocycles. The summed E-state index contributed by atoms with van der Waals surface area (Å²) in [6.07, 6.45) is 3.01. The number of thiophene rings is 1. The summed E-state index contributed by atoms with van der Waals surface area (Å²) >= 11 is 1.55. The summed E-state index contributed by atoms with van der Waals surface area (Å²) in [6, 6.07) is 4.84. The summed E-state index contributed by atoms with van der Waals surface area (Å²) < 4.78 is 16.0. The average Bonchev–Trinajstić information content (AvgIpc) is 3.27. The van der Waals surface area contributed by atoms with E-state index in [1.54, 1.807) is 29.5 Å². The third-order valence-electron chi connectivity index (χ3n) is 4.66. The number of H-pyrrole nitrogens is 1. The molecule has 8 heteroatoms. The molecule has 0 aliphatic heterocycles. The number of rotatable bonds is 6. The minimum Gasteiger partial charge on any atom is -0.493 e. The van der Waals surface area contributed by atoms with Crippen LogP contribution < -0.4 is 15.0 Å². The van der Waals surface area contributed by atoms with E-state index in [0.29, 0.717) is 39.7 Å². The van der Waals surface area contributed by atoms with Crippen molar-refractivity contribution in [1.29, 1.82) is 0 Å². The number of esters is 1. The highest BCUT2D eigenvalue weighted by Crippen LogP contribution is 2.34. The molecule has 1 aliphatic carbocycles. The van der Waals surface area contributed by atoms with Gasteiger partial charge in [0.05, 0.1) is 24.7 Å². The molecule has 0 bridgehead atoms. The van der Waals surface area contributed by atoms with Crippen LogP contribution in [-0.2, 0) is 24.2 Å². The number of hydrogen-bond donors (Lipinski definition) is 1. The van der Waals surface area contributed by atoms with Gasteiger partial charge in [0.15, 0.2) is 11.5 Å². The molecular formula is C20H20N2O5S. The second kappa shape index (κ2) is 7.63. The summed E-state index contributed by atoms with van der Waals surface area (Å²) in [6.45, 7) is 2.25. The van der Waals surface area contributed by atoms with Crippen molar-refractivity contribution in [3.05, 3.63) is 50.4 Å². The number of aromatic nitrogens is 2. The molecule has 0 spiro atoms. The molecule has 0 saturated carbocycles. The maximum Gasteiger partial charge on any atom is 0.338 e. The van der Waals surface area contributed by atoms with Gasteiger partial charge in [-0.3, -0.25) is 4.79 Å². The Morgan fingerprint density at radius 3 is 2.93 bits per heavy atom. The van der Waals surface area contributed by atoms with Crippen molar-refractivity contribution in [3.63, 3.8) is 0 Å². The number of aryl methyl sites for hydroxylation is 2. The third kappa shape index (κ3) is 3.35. The molecule has 1 aromatic carbocycles. The van der Waals surface area contributed by atoms with E-state index in [9.17, 15) is 9.59 Å². The Hall–Kier alpha value is -2.87. The highest BCUT2D eigenvalue weighted by atomic mass is 32.1. The van der Waals surface area contributed by atoms with Gasteiger partial charge in [-0.15, -0.1) is 11.3 Å². The van der Waals surface area contributed by atoms with Crippen LogP contribution in [0.3, 0.4) is 0 Å². The predicted octanol–water partition coefficient (Wildman–Crippen LogP) is 3.24. The number of benzene rings is 1. The number of nitrogens with zero attached hydrogens (tertiary/aromatic N) is 1. The first-order valence-electron chi connectivity index (χ1n) is 9.12. The molecular weight excluding hydrogens is 380 g/mol. The topological polar surface area (TPSA) is 90.5 Å². The number of ether oxygens (including phenoxy) is 3. The summed E-state index contributed by atoms with van der Waals surface area (Å²) in [4.78, 5) is 34.0. The van der Waals surface area contributed by atoms with Gasteiger partial charge in [-0.05, 0) is 49.9 Å². The molecule has 146 valence electrons. The normalized spacial score (nSPS) is 12.8. The number of fused-ring (bicyclic) bond motifs is 3. The van der Waals surface area contributed by atoms with Gasteiger partial charge >= 0.3 is 5.97 Å². The van der Waals surface area contributed by atoms with Crippen LogP contribution >= 0.6 is 11.3 Å². The molecule has 4 rings (SSSR count). The molecule has 0 atom stereocenters. The average molecular weight is 400 g/mol. The lowest BCUT2D eigenvalue weighted by molar-refractivity contribution is 0.0462. The van der Waals surface area contributed by atoms with Gasteiger partial charge in [0.25, 0.3) is 5.56 Å². The maximum absolute atomic E-state index is 12.5. The van der Waals surface area contributed by atoms with Crippen LogP contribution in [0.4, 0.5) is 0 Å². The minimum atomic E-state index is -0.530. The molecule has 2 aromatic heterocycles. The Morgan fingerprint density at radius 2 is 2.14 bits per heavy atom. The van der Waals surface area contributed by atoms with Gasteiger partial charge in [-0.1, -0.05) is 0 Å². The Labute approximate surface area is 165 Å². The summed E-state index contributed by atoms with van der Waals surface area (Å²) in [7, 11) is 1.51. The number of carbonyl (C=O) groups is 1. The van der Waals surface area contributed by atoms with Crippen molar-refractivity contribution < 1.29 is 19.0 Å². The fourth-order valence-electron chi connectivity index (χ4n) is 3.40. The molecule has 0 unspecified atom stereocenters. The quantitative estimate of drug-likeness (QED) is 0.639. The van der Waals surface area contributed by atoms with Gasteiger partial charge in [0, 0.05) is 4.88 Å². The number of aromatic amines is 1. The fraction of sp³-hybridized carbons (Fsp3) is 0.350. The van der Waals surface area contributed by atoms with Crippen LogP contribution in [0.5, 0.6) is 11.5 Å². The van der Waals surface area contributed by atoms with E-state index in [2.05, 4.69) is 9.97 Å². The number of carbonyl (C=O) groups excluding carboxylic acids is 1. The van der Waals surface area contributed by atoms with Gasteiger partial charge in [0.2, 0.25) is 0 Å². The number of methoxy groups -OCH3 is 1. The molecule has 7 nitrogen and oxygen atoms in total. The van der Waals surface area contributed by atoms with Crippen molar-refractivity contribution in [1.82, 2.24) is 9.97 Å². The molecule has 3 aromatic rings. The summed E-state index contributed by atoms with van der Waals surface area (Å²) in [5, 5.41) is 0.684. The monoisotopic (exact) mass is 400 g/mol. The van der Waals surface area contributed by atoms with Gasteiger partial charge in [-0.2, -0.15) is 0 Å². The van der Waals surface area contributed by atoms with Crippen molar-refractivity contribution in [2.45, 2.75) is 32.8 Å². The zero-order valence-corrected chi connectivity index (χ0v) is 16.5. The summed E-state index contributed by atoms with van der Waals surface area (Å²) in [5.41, 5.74) is 1.29. The van der Waals surface area contributed by atoms with E-state index in [-0.39, 0.29) is 12.2 Å². The van der Waals surface area contributed by atoms with Crippen LogP contribution in [-0.4, -0.2) is 29.7 Å². The third-order valence-corrected chi connectivity index (χ3v) is 5.85. The Bertz CT molecular complexity index is 1100. The van der Waals surface area contributed by atoms with Crippen LogP contribution in [0.25, 0.3) is 10.2 Å². The minimum absolute atomic E-state index is 0.109. The molecule has 0 radical (unpaired) electrons. The van der Waals surface area contributed by atoms with Crippen molar-refractivity contribution in [2.24, 2.45) is 0 Å². The van der Waals surface area contributed by atoms with E-state index in [1.165, 1.54) is 12.0 Å². The van der Waals surface area contributed by atoms with Crippen LogP contribution in [0.2, 0.25) is 0 Å². The molecule has 1 N–H and O–H groups in total. The van der Waals surface area contributed by atoms with Crippen molar-refractivity contribution >= 4 is 27.5 Å². The molecule has 0 amide bonds. The van der Waals surface area contributed by atoms with E-state index < -0.39 is 5.97 Å². The second-order valence-electron chi connectivity index (χ2n) is 6.42. The smallest absolute Gasteiger partial charge is 0.338 e. The lowest BCUT2D eigenvalue weighted by atomic mass is 10.2. The lowest BCUT2D eigenvalue weighted by Crippen LogP contribution is -2.14. The first kappa shape index (κ1) is 18.5. The van der Waals surface area contributed by atoms with Crippen LogP contribution in [0.1, 0.15) is 40.0 Å². The number of hydrogen-bond acceptors (Lipinski definition) is 7. The molecule has 1 aliphatic rings. The molecule has 0 fully saturated rings. The van der Waals surface area contributed by atoms with E-state index in [4.69, 9.17) is 14.2 Å². The molecule has 0 saturated heterocycles. The molecule has 28 heavy (non-hydrogen) atoms. The standard InChI is InChI=1S/C20H20N2O5S/c1-3-26-13-8-7-11(9-14(13)25-2)20(24)27-10-16-21-18(23)17-12-5-4-6-15(12)28-19(17)22-16/h7-9H,3-6,10H2,1-2H3,(H,21,22,23). The van der Waals surface area contributed by atoms with Gasteiger partial charge in [0.1, 0.15) is 17.3 Å². The largest absolute Gasteiger partial charge is 0.493 e. The summed E-state index contributed by atoms with van der Waals surface area (Å²) in [5.74, 6) is 0.822. The second-order valence-corrected chi connectivity index (χ2v) is 7.51. The van der Waals surface area contributed by atoms with E-state index in [1.807, 2.05) is 6.92 Å². The first-order valence-corrected chi connectivity index (χ1v) is 9.93. The maximum atomic E-state index is 12.5. The first-order chi connectivity index (χ1) is 13.6. The fourth-order valence-corrected chi connectivity index (χ4v) is 4.68. The highest BCUT2D eigenvalue weighted by Gasteiger charge is 2.21. The van der Waals surface area contributed by atoms with Crippen molar-refractivity contribution in [2.75, 3.05) is 13.7 Å². The Kier molecular flexibility index (Phi) is 5.04. The predicted molar refractivity (Wildman–Crippen MR) is 106 cm³/mol. The zero-order valence-electron chi connectivity index (χ0n) is 15.7. The van der Waals surface area contributed by atoms with Gasteiger partial charge < -0.3 is 19.2 Å². The zero-order chi connectivity index (χ0) is 19.7. The Morgan fingerprint density at radius 1 is 1.29 bits per heavy atom. The van der Waals surface area contributed by atoms with Crippen LogP contribution in [0, 0.1) is 0 Å². The number of nitrogens with one attached hydrogen (secondary N) is 1. The van der Waals surface area contributed by atoms with E-state index in [0.717, 1.165) is 24.8 Å². The lowest BCUT2D eigenvalue weighted by Gasteiger charge is -2.10.